The monoisotopic (exact) mass is 889 g/mol. The Hall–Kier alpha value is -6.86. The van der Waals surface area contributed by atoms with Crippen LogP contribution in [0.5, 0.6) is 11.5 Å². The molecule has 0 spiro atoms. The Morgan fingerprint density at radius 2 is 1.03 bits per heavy atom. The van der Waals surface area contributed by atoms with Crippen LogP contribution in [-0.2, 0) is 10.8 Å². The lowest BCUT2D eigenvalue weighted by atomic mass is 9.69. The van der Waals surface area contributed by atoms with Crippen molar-refractivity contribution < 1.29 is 18.3 Å². The zero-order chi connectivity index (χ0) is 47.2. The molecule has 340 valence electrons. The molecule has 67 heavy (non-hydrogen) atoms. The number of hydrogen-bond donors (Lipinski definition) is 0. The highest BCUT2D eigenvalue weighted by molar-refractivity contribution is 5.93. The van der Waals surface area contributed by atoms with E-state index < -0.39 is 16.8 Å². The minimum atomic E-state index is -0.495. The van der Waals surface area contributed by atoms with Gasteiger partial charge in [0, 0.05) is 41.9 Å². The molecule has 0 N–H and O–H groups in total. The van der Waals surface area contributed by atoms with E-state index in [1.807, 2.05) is 90.1 Å². The van der Waals surface area contributed by atoms with Crippen molar-refractivity contribution in [2.24, 2.45) is 0 Å². The molecule has 0 unspecified atom stereocenters. The van der Waals surface area contributed by atoms with Gasteiger partial charge in [0.15, 0.2) is 0 Å². The van der Waals surface area contributed by atoms with E-state index in [1.165, 1.54) is 16.8 Å². The summed E-state index contributed by atoms with van der Waals surface area (Å²) in [6.45, 7) is 23.2. The summed E-state index contributed by atoms with van der Waals surface area (Å²) < 4.78 is 24.9. The van der Waals surface area contributed by atoms with Gasteiger partial charge in [0.05, 0.1) is 16.5 Å². The molecule has 2 aliphatic rings. The van der Waals surface area contributed by atoms with Gasteiger partial charge in [0.2, 0.25) is 0 Å². The second-order valence-electron chi connectivity index (χ2n) is 21.8. The van der Waals surface area contributed by atoms with Gasteiger partial charge in [-0.15, -0.1) is 0 Å². The highest BCUT2D eigenvalue weighted by atomic mass is 16.5. The van der Waals surface area contributed by atoms with Gasteiger partial charge < -0.3 is 23.2 Å². The molecule has 0 bridgehead atoms. The number of anilines is 1. The zero-order valence-electron chi connectivity index (χ0n) is 40.3. The van der Waals surface area contributed by atoms with Crippen molar-refractivity contribution in [1.29, 1.82) is 0 Å². The Balaban J connectivity index is 0.943. The van der Waals surface area contributed by atoms with Crippen LogP contribution in [0.2, 0.25) is 0 Å². The molecule has 7 heteroatoms. The minimum absolute atomic E-state index is 0.0286. The van der Waals surface area contributed by atoms with Gasteiger partial charge in [-0.25, -0.2) is 9.59 Å². The first-order valence-corrected chi connectivity index (χ1v) is 23.5. The van der Waals surface area contributed by atoms with Crippen LogP contribution in [0.3, 0.4) is 0 Å². The third-order valence-electron chi connectivity index (χ3n) is 13.5. The second-order valence-corrected chi connectivity index (χ2v) is 21.8. The van der Waals surface area contributed by atoms with Crippen molar-refractivity contribution in [3.05, 3.63) is 159 Å². The first kappa shape index (κ1) is 44.0. The van der Waals surface area contributed by atoms with E-state index >= 15 is 0 Å². The fourth-order valence-electron chi connectivity index (χ4n) is 10.0. The van der Waals surface area contributed by atoms with Gasteiger partial charge >= 0.3 is 11.3 Å². The first-order chi connectivity index (χ1) is 31.7. The third kappa shape index (κ3) is 8.45. The lowest BCUT2D eigenvalue weighted by molar-refractivity contribution is 0.122. The number of ether oxygens (including phenoxy) is 2. The smallest absolute Gasteiger partial charge is 0.344 e. The Morgan fingerprint density at radius 1 is 0.522 bits per heavy atom. The number of rotatable bonds is 7. The van der Waals surface area contributed by atoms with Crippen LogP contribution in [0.15, 0.2) is 146 Å². The van der Waals surface area contributed by atoms with Gasteiger partial charge in [-0.3, -0.25) is 0 Å². The van der Waals surface area contributed by atoms with Crippen LogP contribution >= 0.6 is 0 Å². The summed E-state index contributed by atoms with van der Waals surface area (Å²) in [5, 5.41) is 1.68. The summed E-state index contributed by atoms with van der Waals surface area (Å²) >= 11 is 0. The quantitative estimate of drug-likeness (QED) is 0.147. The van der Waals surface area contributed by atoms with Crippen LogP contribution in [-0.4, -0.2) is 24.3 Å². The van der Waals surface area contributed by atoms with Crippen LogP contribution < -0.4 is 25.6 Å². The molecule has 0 atom stereocenters. The molecule has 0 fully saturated rings. The molecule has 10 rings (SSSR count). The Bertz CT molecular complexity index is 3370. The lowest BCUT2D eigenvalue weighted by Gasteiger charge is -2.48. The van der Waals surface area contributed by atoms with E-state index in [0.717, 1.165) is 81.4 Å². The maximum atomic E-state index is 13.8. The standard InChI is InChI=1S/C60H59NO6/c1-57(2,3)66-45-33-50-48(51(34-45)67-58(4,5)6)35-47(55(62)64-50)43-19-13-18-42(30-43)41-17-12-16-40(29-41)39-15-11-14-38(28-39)36-20-22-37(23-21-36)46-31-44-32-49-53-52(54(44)65-56(46)63)60(9,10)25-27-61(53)26-24-59(49,7)8/h11-23,28-35H,24-27H2,1-10H3. The first-order valence-electron chi connectivity index (χ1n) is 23.5. The molecular weight excluding hydrogens is 831 g/mol. The predicted octanol–water partition coefficient (Wildman–Crippen LogP) is 14.8. The van der Waals surface area contributed by atoms with Gasteiger partial charge in [-0.2, -0.15) is 0 Å². The summed E-state index contributed by atoms with van der Waals surface area (Å²) in [5.74, 6) is 1.15. The Kier molecular flexibility index (Phi) is 10.4. The van der Waals surface area contributed by atoms with Gasteiger partial charge in [0.25, 0.3) is 0 Å². The molecule has 2 aliphatic heterocycles. The summed E-state index contributed by atoms with van der Waals surface area (Å²) in [4.78, 5) is 30.0. The Labute approximate surface area is 393 Å². The summed E-state index contributed by atoms with van der Waals surface area (Å²) in [6, 6.07) is 43.0. The molecule has 7 nitrogen and oxygen atoms in total. The van der Waals surface area contributed by atoms with Crippen molar-refractivity contribution in [2.75, 3.05) is 18.0 Å². The average Bonchev–Trinajstić information content (AvgIpc) is 3.27. The number of nitrogens with zero attached hydrogens (tertiary/aromatic N) is 1. The van der Waals surface area contributed by atoms with Crippen molar-refractivity contribution in [2.45, 2.75) is 104 Å². The molecule has 2 aromatic heterocycles. The third-order valence-corrected chi connectivity index (χ3v) is 13.5. The summed E-state index contributed by atoms with van der Waals surface area (Å²) in [7, 11) is 0. The van der Waals surface area contributed by atoms with Crippen molar-refractivity contribution in [3.8, 4) is 67.1 Å². The van der Waals surface area contributed by atoms with E-state index in [2.05, 4.69) is 105 Å². The molecule has 4 heterocycles. The topological polar surface area (TPSA) is 82.1 Å². The van der Waals surface area contributed by atoms with Gasteiger partial charge in [0.1, 0.15) is 33.9 Å². The Morgan fingerprint density at radius 3 is 1.63 bits per heavy atom. The van der Waals surface area contributed by atoms with Crippen LogP contribution in [0.4, 0.5) is 5.69 Å². The van der Waals surface area contributed by atoms with E-state index in [9.17, 15) is 9.59 Å². The molecule has 8 aromatic rings. The SMILES string of the molecule is CC(C)(C)Oc1cc(OC(C)(C)C)c2cc(-c3cccc(-c4cccc(-c5cccc(-c6ccc(-c7cc8cc9c%10c(c8oc7=O)C(C)(C)CCN%10CCC9(C)C)cc6)c5)c4)c3)c(=O)oc2c1. The maximum Gasteiger partial charge on any atom is 0.344 e. The highest BCUT2D eigenvalue weighted by Gasteiger charge is 2.42. The lowest BCUT2D eigenvalue weighted by Crippen LogP contribution is -2.44. The normalized spacial score (nSPS) is 15.4. The molecule has 6 aromatic carbocycles. The van der Waals surface area contributed by atoms with E-state index in [0.29, 0.717) is 33.6 Å². The maximum absolute atomic E-state index is 13.8. The van der Waals surface area contributed by atoms with Gasteiger partial charge in [-0.05, 0) is 152 Å². The number of benzene rings is 6. The second kappa shape index (κ2) is 15.9. The molecule has 0 saturated heterocycles. The van der Waals surface area contributed by atoms with Crippen LogP contribution in [0.25, 0.3) is 77.6 Å². The molecule has 0 radical (unpaired) electrons. The predicted molar refractivity (Wildman–Crippen MR) is 274 cm³/mol. The fourth-order valence-corrected chi connectivity index (χ4v) is 10.0. The number of hydrogen-bond acceptors (Lipinski definition) is 7. The molecular formula is C60H59NO6. The highest BCUT2D eigenvalue weighted by Crippen LogP contribution is 2.52. The largest absolute Gasteiger partial charge is 0.488 e. The van der Waals surface area contributed by atoms with Crippen LogP contribution in [0, 0.1) is 0 Å². The average molecular weight is 890 g/mol. The summed E-state index contributed by atoms with van der Waals surface area (Å²) in [5.41, 5.74) is 12.0. The van der Waals surface area contributed by atoms with Crippen molar-refractivity contribution in [3.63, 3.8) is 0 Å². The summed E-state index contributed by atoms with van der Waals surface area (Å²) in [6.07, 6.45) is 2.11. The zero-order valence-corrected chi connectivity index (χ0v) is 40.3. The van der Waals surface area contributed by atoms with Crippen LogP contribution in [0.1, 0.15) is 93.2 Å². The fraction of sp³-hybridized carbons (Fsp3) is 0.300. The van der Waals surface area contributed by atoms with E-state index in [-0.39, 0.29) is 16.5 Å². The van der Waals surface area contributed by atoms with Crippen molar-refractivity contribution >= 4 is 27.6 Å². The van der Waals surface area contributed by atoms with Crippen molar-refractivity contribution in [1.82, 2.24) is 0 Å². The number of fused-ring (bicyclic) bond motifs is 3. The van der Waals surface area contributed by atoms with E-state index in [4.69, 9.17) is 18.3 Å². The molecule has 0 amide bonds. The van der Waals surface area contributed by atoms with Gasteiger partial charge in [-0.1, -0.05) is 107 Å². The molecule has 0 aliphatic carbocycles. The molecule has 0 saturated carbocycles. The minimum Gasteiger partial charge on any atom is -0.488 e. The van der Waals surface area contributed by atoms with E-state index in [1.54, 1.807) is 6.07 Å².